The number of amides is 1. The van der Waals surface area contributed by atoms with Crippen LogP contribution in [-0.2, 0) is 17.8 Å². The zero-order chi connectivity index (χ0) is 20.1. The van der Waals surface area contributed by atoms with Gasteiger partial charge in [0, 0.05) is 24.8 Å². The summed E-state index contributed by atoms with van der Waals surface area (Å²) in [6.45, 7) is 3.03. The monoisotopic (exact) mass is 393 g/mol. The van der Waals surface area contributed by atoms with E-state index in [0.29, 0.717) is 29.9 Å². The van der Waals surface area contributed by atoms with E-state index in [4.69, 9.17) is 4.42 Å². The molecule has 1 aromatic heterocycles. The summed E-state index contributed by atoms with van der Waals surface area (Å²) < 4.78 is 19.6. The topological polar surface area (TPSA) is 46.7 Å². The van der Waals surface area contributed by atoms with Crippen LogP contribution in [0.1, 0.15) is 24.2 Å². The fourth-order valence-electron chi connectivity index (χ4n) is 3.95. The maximum Gasteiger partial charge on any atom is 0.220 e. The molecule has 1 amide bonds. The van der Waals surface area contributed by atoms with Crippen LogP contribution in [0, 0.1) is 5.82 Å². The molecule has 0 radical (unpaired) electrons. The van der Waals surface area contributed by atoms with Crippen LogP contribution in [0.15, 0.2) is 71.1 Å². The first kappa shape index (κ1) is 19.4. The fraction of sp³-hybridized carbons (Fsp3) is 0.292. The summed E-state index contributed by atoms with van der Waals surface area (Å²) in [6.07, 6.45) is 1.88. The lowest BCUT2D eigenvalue weighted by molar-refractivity contribution is -0.901. The molecule has 0 bridgehead atoms. The Morgan fingerprint density at radius 3 is 2.69 bits per heavy atom. The van der Waals surface area contributed by atoms with Crippen LogP contribution < -0.4 is 10.2 Å². The van der Waals surface area contributed by atoms with Crippen molar-refractivity contribution in [2.24, 2.45) is 0 Å². The molecule has 150 valence electrons. The number of carbonyl (C=O) groups is 1. The Morgan fingerprint density at radius 1 is 1.07 bits per heavy atom. The maximum atomic E-state index is 13.9. The van der Waals surface area contributed by atoms with Crippen molar-refractivity contribution in [3.63, 3.8) is 0 Å². The number of aryl methyl sites for hydroxylation is 1. The summed E-state index contributed by atoms with van der Waals surface area (Å²) >= 11 is 0. The third kappa shape index (κ3) is 5.12. The first-order valence-corrected chi connectivity index (χ1v) is 10.2. The number of rotatable bonds is 7. The molecule has 0 saturated carbocycles. The lowest BCUT2D eigenvalue weighted by Crippen LogP contribution is -3.09. The highest BCUT2D eigenvalue weighted by atomic mass is 19.1. The van der Waals surface area contributed by atoms with Gasteiger partial charge in [0.1, 0.15) is 23.9 Å². The van der Waals surface area contributed by atoms with Crippen LogP contribution in [-0.4, -0.2) is 25.0 Å². The Kier molecular flexibility index (Phi) is 6.06. The van der Waals surface area contributed by atoms with Gasteiger partial charge in [-0.25, -0.2) is 4.39 Å². The molecule has 2 N–H and O–H groups in total. The number of hydrogen-bond donors (Lipinski definition) is 2. The van der Waals surface area contributed by atoms with Crippen LogP contribution in [0.4, 0.5) is 4.39 Å². The highest BCUT2D eigenvalue weighted by molar-refractivity contribution is 5.76. The van der Waals surface area contributed by atoms with Gasteiger partial charge in [0.25, 0.3) is 0 Å². The van der Waals surface area contributed by atoms with Crippen LogP contribution in [0.2, 0.25) is 0 Å². The van der Waals surface area contributed by atoms with E-state index in [-0.39, 0.29) is 17.8 Å². The minimum atomic E-state index is -0.310. The molecule has 4 rings (SSSR count). The summed E-state index contributed by atoms with van der Waals surface area (Å²) in [7, 11) is 0. The summed E-state index contributed by atoms with van der Waals surface area (Å²) in [5.41, 5.74) is 1.77. The van der Waals surface area contributed by atoms with Gasteiger partial charge in [0.15, 0.2) is 0 Å². The first-order chi connectivity index (χ1) is 14.2. The summed E-state index contributed by atoms with van der Waals surface area (Å²) in [6, 6.07) is 20.8. The molecule has 2 aromatic carbocycles. The number of likely N-dealkylation sites (tertiary alicyclic amines) is 1. The van der Waals surface area contributed by atoms with Gasteiger partial charge in [-0.15, -0.1) is 0 Å². The average molecular weight is 393 g/mol. The van der Waals surface area contributed by atoms with Crippen molar-refractivity contribution < 1.29 is 18.5 Å². The minimum absolute atomic E-state index is 0.0415. The highest BCUT2D eigenvalue weighted by Crippen LogP contribution is 2.25. The number of nitrogens with one attached hydrogen (secondary N) is 2. The molecule has 0 aliphatic carbocycles. The maximum absolute atomic E-state index is 13.9. The Labute approximate surface area is 170 Å². The molecule has 4 nitrogen and oxygen atoms in total. The molecule has 5 heteroatoms. The molecule has 1 fully saturated rings. The third-order valence-electron chi connectivity index (χ3n) is 5.44. The summed E-state index contributed by atoms with van der Waals surface area (Å²) in [5, 5.41) is 3.15. The Hall–Kier alpha value is -2.92. The molecular formula is C24H26FN2O2+. The summed E-state index contributed by atoms with van der Waals surface area (Å²) in [4.78, 5) is 13.8. The first-order valence-electron chi connectivity index (χ1n) is 10.2. The molecule has 2 atom stereocenters. The van der Waals surface area contributed by atoms with E-state index in [1.807, 2.05) is 12.1 Å². The second-order valence-corrected chi connectivity index (χ2v) is 7.67. The van der Waals surface area contributed by atoms with Crippen molar-refractivity contribution in [2.45, 2.75) is 31.8 Å². The number of halogens is 1. The van der Waals surface area contributed by atoms with E-state index in [1.54, 1.807) is 24.3 Å². The van der Waals surface area contributed by atoms with Crippen molar-refractivity contribution in [3.05, 3.63) is 83.9 Å². The Bertz CT molecular complexity index is 954. The van der Waals surface area contributed by atoms with E-state index >= 15 is 0 Å². The quantitative estimate of drug-likeness (QED) is 0.648. The molecule has 1 saturated heterocycles. The lowest BCUT2D eigenvalue weighted by Gasteiger charge is -2.14. The van der Waals surface area contributed by atoms with Crippen LogP contribution in [0.25, 0.3) is 11.3 Å². The van der Waals surface area contributed by atoms with Crippen LogP contribution >= 0.6 is 0 Å². The van der Waals surface area contributed by atoms with Gasteiger partial charge in [-0.05, 0) is 24.3 Å². The molecule has 2 heterocycles. The number of quaternary nitrogens is 1. The van der Waals surface area contributed by atoms with E-state index in [0.717, 1.165) is 26.1 Å². The molecule has 3 aromatic rings. The van der Waals surface area contributed by atoms with Crippen molar-refractivity contribution in [2.75, 3.05) is 13.1 Å². The van der Waals surface area contributed by atoms with Crippen molar-refractivity contribution in [3.8, 4) is 11.3 Å². The normalized spacial score (nSPS) is 18.7. The second kappa shape index (κ2) is 9.05. The number of hydrogen-bond acceptors (Lipinski definition) is 2. The number of furan rings is 1. The Balaban J connectivity index is 1.23. The van der Waals surface area contributed by atoms with E-state index in [9.17, 15) is 9.18 Å². The molecule has 1 aliphatic heterocycles. The fourth-order valence-corrected chi connectivity index (χ4v) is 3.95. The number of carbonyl (C=O) groups excluding carboxylic acids is 1. The van der Waals surface area contributed by atoms with Gasteiger partial charge in [-0.2, -0.15) is 0 Å². The third-order valence-corrected chi connectivity index (χ3v) is 5.44. The van der Waals surface area contributed by atoms with Crippen molar-refractivity contribution in [1.29, 1.82) is 0 Å². The van der Waals surface area contributed by atoms with Gasteiger partial charge in [0.2, 0.25) is 5.91 Å². The predicted molar refractivity (Wildman–Crippen MR) is 110 cm³/mol. The minimum Gasteiger partial charge on any atom is -0.461 e. The standard InChI is InChI=1S/C24H25FN2O2/c25-22-9-5-4-8-21(22)23-12-10-20(29-23)11-13-24(28)26-19-14-15-27(17-19)16-18-6-2-1-3-7-18/h1-10,12,19H,11,13-17H2,(H,26,28)/p+1/t19-/m0/s1. The Morgan fingerprint density at radius 2 is 1.86 bits per heavy atom. The summed E-state index contributed by atoms with van der Waals surface area (Å²) in [5.74, 6) is 0.922. The average Bonchev–Trinajstić information content (AvgIpc) is 3.37. The molecule has 1 unspecified atom stereocenters. The van der Waals surface area contributed by atoms with Crippen molar-refractivity contribution >= 4 is 5.91 Å². The zero-order valence-corrected chi connectivity index (χ0v) is 16.4. The molecule has 1 aliphatic rings. The van der Waals surface area contributed by atoms with Gasteiger partial charge in [-0.1, -0.05) is 42.5 Å². The zero-order valence-electron chi connectivity index (χ0n) is 16.4. The second-order valence-electron chi connectivity index (χ2n) is 7.67. The van der Waals surface area contributed by atoms with Gasteiger partial charge < -0.3 is 14.6 Å². The molecular weight excluding hydrogens is 367 g/mol. The van der Waals surface area contributed by atoms with Crippen molar-refractivity contribution in [1.82, 2.24) is 5.32 Å². The lowest BCUT2D eigenvalue weighted by atomic mass is 10.1. The predicted octanol–water partition coefficient (Wildman–Crippen LogP) is 2.99. The highest BCUT2D eigenvalue weighted by Gasteiger charge is 2.27. The van der Waals surface area contributed by atoms with Crippen LogP contribution in [0.5, 0.6) is 0 Å². The van der Waals surface area contributed by atoms with Crippen LogP contribution in [0.3, 0.4) is 0 Å². The van der Waals surface area contributed by atoms with Gasteiger partial charge in [0.05, 0.1) is 24.7 Å². The van der Waals surface area contributed by atoms with Gasteiger partial charge in [-0.3, -0.25) is 4.79 Å². The van der Waals surface area contributed by atoms with E-state index in [2.05, 4.69) is 29.6 Å². The largest absolute Gasteiger partial charge is 0.461 e. The van der Waals surface area contributed by atoms with Gasteiger partial charge >= 0.3 is 0 Å². The number of benzene rings is 2. The van der Waals surface area contributed by atoms with E-state index < -0.39 is 0 Å². The molecule has 0 spiro atoms. The van der Waals surface area contributed by atoms with E-state index in [1.165, 1.54) is 16.5 Å². The SMILES string of the molecule is O=C(CCc1ccc(-c2ccccc2F)o1)N[C@H]1CC[NH+](Cc2ccccc2)C1. The smallest absolute Gasteiger partial charge is 0.220 e. The molecule has 29 heavy (non-hydrogen) atoms.